The van der Waals surface area contributed by atoms with E-state index in [0.717, 1.165) is 0 Å². The summed E-state index contributed by atoms with van der Waals surface area (Å²) in [5.74, 6) is 0. The van der Waals surface area contributed by atoms with E-state index in [1.165, 1.54) is 21.3 Å². The SMILES string of the molecule is COC[C@H]1O[C@@H](NC(=O)Nc2cc(C(F)(F)F)cc(C(F)(F)F)c2)[C@H](N(C)C)[C@@H](OC)[C@@H]1OC. The molecule has 1 aromatic rings. The Morgan fingerprint density at radius 2 is 1.50 bits per heavy atom. The van der Waals surface area contributed by atoms with Gasteiger partial charge in [-0.25, -0.2) is 4.79 Å². The number of amides is 2. The number of likely N-dealkylation sites (N-methyl/N-ethyl adjacent to an activating group) is 1. The molecule has 1 saturated heterocycles. The summed E-state index contributed by atoms with van der Waals surface area (Å²) < 4.78 is 101. The molecule has 1 aromatic carbocycles. The predicted molar refractivity (Wildman–Crippen MR) is 108 cm³/mol. The standard InChI is InChI=1S/C20H27F6N3O5/c1-29(2)14-16(33-5)15(32-4)13(9-31-3)34-17(14)28-18(30)27-12-7-10(19(21,22)23)6-11(8-12)20(24,25)26/h6-8,13-17H,9H2,1-5H3,(H2,27,28,30)/t13-,14-,15-,16-,17-/m1/s1. The Hall–Kier alpha value is -2.13. The molecule has 14 heteroatoms. The van der Waals surface area contributed by atoms with E-state index in [2.05, 4.69) is 5.32 Å². The van der Waals surface area contributed by atoms with Gasteiger partial charge in [0.05, 0.1) is 23.8 Å². The largest absolute Gasteiger partial charge is 0.416 e. The second kappa shape index (κ2) is 11.1. The van der Waals surface area contributed by atoms with Crippen molar-refractivity contribution in [3.8, 4) is 0 Å². The Morgan fingerprint density at radius 1 is 0.971 bits per heavy atom. The number of rotatable bonds is 7. The third-order valence-corrected chi connectivity index (χ3v) is 5.25. The molecular formula is C20H27F6N3O5. The number of nitrogens with one attached hydrogen (secondary N) is 2. The second-order valence-corrected chi connectivity index (χ2v) is 7.80. The molecule has 34 heavy (non-hydrogen) atoms. The van der Waals surface area contributed by atoms with Crippen molar-refractivity contribution >= 4 is 11.7 Å². The van der Waals surface area contributed by atoms with Gasteiger partial charge in [-0.15, -0.1) is 0 Å². The zero-order valence-electron chi connectivity index (χ0n) is 19.1. The third kappa shape index (κ3) is 6.72. The van der Waals surface area contributed by atoms with E-state index in [4.69, 9.17) is 18.9 Å². The smallest absolute Gasteiger partial charge is 0.382 e. The molecule has 5 atom stereocenters. The Labute approximate surface area is 192 Å². The van der Waals surface area contributed by atoms with Crippen LogP contribution in [0.1, 0.15) is 11.1 Å². The molecule has 0 unspecified atom stereocenters. The summed E-state index contributed by atoms with van der Waals surface area (Å²) in [5.41, 5.74) is -3.80. The number of hydrogen-bond acceptors (Lipinski definition) is 6. The zero-order valence-corrected chi connectivity index (χ0v) is 19.1. The molecule has 1 aliphatic heterocycles. The lowest BCUT2D eigenvalue weighted by Crippen LogP contribution is -2.68. The first-order chi connectivity index (χ1) is 15.7. The van der Waals surface area contributed by atoms with Crippen molar-refractivity contribution in [2.45, 2.75) is 42.9 Å². The van der Waals surface area contributed by atoms with Crippen molar-refractivity contribution in [1.82, 2.24) is 10.2 Å². The van der Waals surface area contributed by atoms with Gasteiger partial charge in [0.15, 0.2) is 0 Å². The van der Waals surface area contributed by atoms with E-state index in [1.807, 2.05) is 5.32 Å². The molecule has 1 aliphatic rings. The van der Waals surface area contributed by atoms with Gasteiger partial charge >= 0.3 is 18.4 Å². The first kappa shape index (κ1) is 28.1. The molecule has 0 saturated carbocycles. The first-order valence-electron chi connectivity index (χ1n) is 9.96. The van der Waals surface area contributed by atoms with Gasteiger partial charge in [-0.1, -0.05) is 0 Å². The number of hydrogen-bond donors (Lipinski definition) is 2. The number of urea groups is 1. The molecule has 0 aliphatic carbocycles. The molecule has 194 valence electrons. The normalized spacial score (nSPS) is 25.9. The molecule has 2 amide bonds. The monoisotopic (exact) mass is 503 g/mol. The number of halogens is 6. The maximum atomic E-state index is 13.1. The fraction of sp³-hybridized carbons (Fsp3) is 0.650. The van der Waals surface area contributed by atoms with Crippen LogP contribution in [0.3, 0.4) is 0 Å². The van der Waals surface area contributed by atoms with E-state index in [1.54, 1.807) is 19.0 Å². The van der Waals surface area contributed by atoms with Crippen LogP contribution in [0, 0.1) is 0 Å². The maximum absolute atomic E-state index is 13.1. The molecule has 1 heterocycles. The van der Waals surface area contributed by atoms with Crippen LogP contribution in [0.4, 0.5) is 36.8 Å². The quantitative estimate of drug-likeness (QED) is 0.557. The lowest BCUT2D eigenvalue weighted by Gasteiger charge is -2.47. The number of carbonyl (C=O) groups is 1. The number of alkyl halides is 6. The molecule has 0 radical (unpaired) electrons. The minimum atomic E-state index is -5.05. The van der Waals surface area contributed by atoms with Crippen LogP contribution in [-0.4, -0.2) is 83.5 Å². The minimum absolute atomic E-state index is 0.0289. The summed E-state index contributed by atoms with van der Waals surface area (Å²) in [5, 5.41) is 4.47. The van der Waals surface area contributed by atoms with Gasteiger partial charge in [0, 0.05) is 27.0 Å². The van der Waals surface area contributed by atoms with Crippen LogP contribution in [0.5, 0.6) is 0 Å². The van der Waals surface area contributed by atoms with Gasteiger partial charge in [-0.05, 0) is 32.3 Å². The number of methoxy groups -OCH3 is 3. The van der Waals surface area contributed by atoms with Gasteiger partial charge in [0.1, 0.15) is 24.5 Å². The lowest BCUT2D eigenvalue weighted by molar-refractivity contribution is -0.229. The molecule has 2 N–H and O–H groups in total. The Balaban J connectivity index is 2.31. The van der Waals surface area contributed by atoms with Gasteiger partial charge in [0.2, 0.25) is 0 Å². The average Bonchev–Trinajstić information content (AvgIpc) is 2.71. The van der Waals surface area contributed by atoms with Crippen LogP contribution in [-0.2, 0) is 31.3 Å². The summed E-state index contributed by atoms with van der Waals surface area (Å²) in [6, 6.07) is -0.912. The fourth-order valence-electron chi connectivity index (χ4n) is 3.79. The summed E-state index contributed by atoms with van der Waals surface area (Å²) in [6.45, 7) is 0.0703. The van der Waals surface area contributed by atoms with Gasteiger partial charge in [-0.3, -0.25) is 4.90 Å². The van der Waals surface area contributed by atoms with Crippen LogP contribution in [0.15, 0.2) is 18.2 Å². The van der Waals surface area contributed by atoms with Gasteiger partial charge < -0.3 is 29.6 Å². The number of carbonyl (C=O) groups excluding carboxylic acids is 1. The number of anilines is 1. The molecule has 0 spiro atoms. The number of ether oxygens (including phenoxy) is 4. The Bertz CT molecular complexity index is 804. The summed E-state index contributed by atoms with van der Waals surface area (Å²) >= 11 is 0. The maximum Gasteiger partial charge on any atom is 0.416 e. The van der Waals surface area contributed by atoms with Crippen molar-refractivity contribution in [3.63, 3.8) is 0 Å². The molecule has 2 rings (SSSR count). The van der Waals surface area contributed by atoms with Crippen molar-refractivity contribution in [3.05, 3.63) is 29.3 Å². The molecule has 0 aromatic heterocycles. The van der Waals surface area contributed by atoms with E-state index >= 15 is 0 Å². The van der Waals surface area contributed by atoms with E-state index in [9.17, 15) is 31.1 Å². The van der Waals surface area contributed by atoms with Crippen LogP contribution >= 0.6 is 0 Å². The van der Waals surface area contributed by atoms with Gasteiger partial charge in [-0.2, -0.15) is 26.3 Å². The van der Waals surface area contributed by atoms with Crippen molar-refractivity contribution < 1.29 is 50.1 Å². The fourth-order valence-corrected chi connectivity index (χ4v) is 3.79. The second-order valence-electron chi connectivity index (χ2n) is 7.80. The van der Waals surface area contributed by atoms with E-state index < -0.39 is 65.8 Å². The minimum Gasteiger partial charge on any atom is -0.382 e. The predicted octanol–water partition coefficient (Wildman–Crippen LogP) is 3.18. The Morgan fingerprint density at radius 3 is 1.91 bits per heavy atom. The molecule has 0 bridgehead atoms. The lowest BCUT2D eigenvalue weighted by atomic mass is 9.94. The number of nitrogens with zero attached hydrogens (tertiary/aromatic N) is 1. The van der Waals surface area contributed by atoms with Crippen molar-refractivity contribution in [2.24, 2.45) is 0 Å². The summed E-state index contributed by atoms with van der Waals surface area (Å²) in [4.78, 5) is 14.3. The summed E-state index contributed by atoms with van der Waals surface area (Å²) in [7, 11) is 7.66. The topological polar surface area (TPSA) is 81.3 Å². The summed E-state index contributed by atoms with van der Waals surface area (Å²) in [6.07, 6.45) is -13.1. The van der Waals surface area contributed by atoms with E-state index in [-0.39, 0.29) is 12.7 Å². The van der Waals surface area contributed by atoms with Crippen LogP contribution < -0.4 is 10.6 Å². The van der Waals surface area contributed by atoms with Crippen molar-refractivity contribution in [2.75, 3.05) is 47.3 Å². The van der Waals surface area contributed by atoms with Crippen LogP contribution in [0.2, 0.25) is 0 Å². The highest BCUT2D eigenvalue weighted by molar-refractivity contribution is 5.89. The molecular weight excluding hydrogens is 476 g/mol. The highest BCUT2D eigenvalue weighted by Crippen LogP contribution is 2.37. The Kier molecular flexibility index (Phi) is 9.16. The zero-order chi connectivity index (χ0) is 25.8. The average molecular weight is 503 g/mol. The molecule has 8 nitrogen and oxygen atoms in total. The van der Waals surface area contributed by atoms with Gasteiger partial charge in [0.25, 0.3) is 0 Å². The number of benzene rings is 1. The highest BCUT2D eigenvalue weighted by Gasteiger charge is 2.48. The molecule has 1 fully saturated rings. The van der Waals surface area contributed by atoms with Crippen molar-refractivity contribution in [1.29, 1.82) is 0 Å². The first-order valence-corrected chi connectivity index (χ1v) is 9.96. The van der Waals surface area contributed by atoms with Crippen LogP contribution in [0.25, 0.3) is 0 Å². The third-order valence-electron chi connectivity index (χ3n) is 5.25. The van der Waals surface area contributed by atoms with E-state index in [0.29, 0.717) is 12.1 Å². The highest BCUT2D eigenvalue weighted by atomic mass is 19.4.